The molecule has 0 saturated heterocycles. The third kappa shape index (κ3) is 4.92. The smallest absolute Gasteiger partial charge is 0.331 e. The molecule has 1 atom stereocenters. The Kier molecular flexibility index (Phi) is 6.95. The first kappa shape index (κ1) is 21.2. The maximum atomic E-state index is 12.2. The summed E-state index contributed by atoms with van der Waals surface area (Å²) in [6, 6.07) is 11.4. The van der Waals surface area contributed by atoms with Crippen molar-refractivity contribution in [3.63, 3.8) is 0 Å². The number of fused-ring (bicyclic) bond motifs is 1. The van der Waals surface area contributed by atoms with E-state index in [1.54, 1.807) is 18.2 Å². The predicted octanol–water partition coefficient (Wildman–Crippen LogP) is 3.07. The lowest BCUT2D eigenvalue weighted by molar-refractivity contribution is -0.144. The van der Waals surface area contributed by atoms with Gasteiger partial charge in [0.2, 0.25) is 5.75 Å². The molecule has 7 heteroatoms. The summed E-state index contributed by atoms with van der Waals surface area (Å²) < 4.78 is 20.9. The molecule has 0 radical (unpaired) electrons. The number of carbonyl (C=O) groups is 2. The summed E-state index contributed by atoms with van der Waals surface area (Å²) in [6.45, 7) is -0.336. The van der Waals surface area contributed by atoms with Crippen LogP contribution in [0.3, 0.4) is 0 Å². The number of aryl methyl sites for hydroxylation is 1. The number of rotatable bonds is 8. The molecule has 1 aliphatic rings. The summed E-state index contributed by atoms with van der Waals surface area (Å²) >= 11 is 0. The van der Waals surface area contributed by atoms with Crippen molar-refractivity contribution in [1.29, 1.82) is 0 Å². The van der Waals surface area contributed by atoms with Crippen molar-refractivity contribution < 1.29 is 28.5 Å². The second-order valence-electron chi connectivity index (χ2n) is 6.76. The molecule has 158 valence electrons. The Morgan fingerprint density at radius 3 is 2.43 bits per heavy atom. The summed E-state index contributed by atoms with van der Waals surface area (Å²) in [6.07, 6.45) is 4.58. The third-order valence-corrected chi connectivity index (χ3v) is 4.91. The van der Waals surface area contributed by atoms with Crippen molar-refractivity contribution in [2.45, 2.75) is 18.9 Å². The van der Waals surface area contributed by atoms with Crippen LogP contribution in [-0.4, -0.2) is 39.8 Å². The molecular weight excluding hydrogens is 386 g/mol. The van der Waals surface area contributed by atoms with Crippen molar-refractivity contribution in [3.05, 3.63) is 59.2 Å². The Labute approximate surface area is 175 Å². The van der Waals surface area contributed by atoms with Crippen LogP contribution in [0.2, 0.25) is 0 Å². The molecule has 2 aromatic carbocycles. The lowest BCUT2D eigenvalue weighted by Crippen LogP contribution is -2.31. The maximum absolute atomic E-state index is 12.2. The topological polar surface area (TPSA) is 83.1 Å². The third-order valence-electron chi connectivity index (χ3n) is 4.91. The SMILES string of the molecule is COc1cc(/C=C/C(=O)OCC(=O)N[C@H]2CCc3ccccc32)cc(OC)c1OC. The molecular formula is C23H25NO6. The van der Waals surface area contributed by atoms with E-state index in [0.717, 1.165) is 18.4 Å². The lowest BCUT2D eigenvalue weighted by Gasteiger charge is -2.14. The molecule has 0 fully saturated rings. The van der Waals surface area contributed by atoms with Crippen LogP contribution in [-0.2, 0) is 20.7 Å². The van der Waals surface area contributed by atoms with Crippen LogP contribution in [0.1, 0.15) is 29.2 Å². The van der Waals surface area contributed by atoms with Gasteiger partial charge in [-0.25, -0.2) is 4.79 Å². The summed E-state index contributed by atoms with van der Waals surface area (Å²) in [5.74, 6) is 0.462. The standard InChI is InChI=1S/C23H25NO6/c1-27-19-12-15(13-20(28-2)23(19)29-3)8-11-22(26)30-14-21(25)24-18-10-9-16-6-4-5-7-17(16)18/h4-8,11-13,18H,9-10,14H2,1-3H3,(H,24,25)/b11-8+/t18-/m0/s1. The summed E-state index contributed by atoms with van der Waals surface area (Å²) in [4.78, 5) is 24.2. The highest BCUT2D eigenvalue weighted by molar-refractivity contribution is 5.89. The highest BCUT2D eigenvalue weighted by atomic mass is 16.5. The van der Waals surface area contributed by atoms with E-state index in [9.17, 15) is 9.59 Å². The molecule has 0 aliphatic heterocycles. The van der Waals surface area contributed by atoms with Crippen LogP contribution >= 0.6 is 0 Å². The van der Waals surface area contributed by atoms with Crippen LogP contribution in [0.15, 0.2) is 42.5 Å². The molecule has 0 bridgehead atoms. The van der Waals surface area contributed by atoms with Gasteiger partial charge < -0.3 is 24.3 Å². The fourth-order valence-electron chi connectivity index (χ4n) is 3.49. The number of esters is 1. The number of ether oxygens (including phenoxy) is 4. The van der Waals surface area contributed by atoms with E-state index in [-0.39, 0.29) is 18.6 Å². The molecule has 2 aromatic rings. The number of benzene rings is 2. The first-order valence-corrected chi connectivity index (χ1v) is 9.57. The fourth-order valence-corrected chi connectivity index (χ4v) is 3.49. The number of hydrogen-bond donors (Lipinski definition) is 1. The molecule has 3 rings (SSSR count). The van der Waals surface area contributed by atoms with Crippen molar-refractivity contribution in [3.8, 4) is 17.2 Å². The van der Waals surface area contributed by atoms with Gasteiger partial charge in [0.15, 0.2) is 18.1 Å². The Hall–Kier alpha value is -3.48. The average Bonchev–Trinajstić information content (AvgIpc) is 3.18. The molecule has 0 spiro atoms. The molecule has 0 heterocycles. The van der Waals surface area contributed by atoms with Gasteiger partial charge in [-0.15, -0.1) is 0 Å². The lowest BCUT2D eigenvalue weighted by atomic mass is 10.1. The van der Waals surface area contributed by atoms with Crippen molar-refractivity contribution in [2.24, 2.45) is 0 Å². The normalized spacial score (nSPS) is 14.8. The minimum Gasteiger partial charge on any atom is -0.493 e. The molecule has 1 N–H and O–H groups in total. The second kappa shape index (κ2) is 9.82. The summed E-state index contributed by atoms with van der Waals surface area (Å²) in [5, 5.41) is 2.92. The van der Waals surface area contributed by atoms with Crippen LogP contribution in [0.5, 0.6) is 17.2 Å². The molecule has 0 aromatic heterocycles. The highest BCUT2D eigenvalue weighted by Crippen LogP contribution is 2.38. The zero-order chi connectivity index (χ0) is 21.5. The fraction of sp³-hybridized carbons (Fsp3) is 0.304. The Bertz CT molecular complexity index is 927. The minimum atomic E-state index is -0.620. The number of nitrogens with one attached hydrogen (secondary N) is 1. The molecule has 1 amide bonds. The molecule has 0 saturated carbocycles. The van der Waals surface area contributed by atoms with E-state index in [2.05, 4.69) is 11.4 Å². The van der Waals surface area contributed by atoms with Crippen molar-refractivity contribution in [2.75, 3.05) is 27.9 Å². The zero-order valence-electron chi connectivity index (χ0n) is 17.3. The minimum absolute atomic E-state index is 0.0397. The van der Waals surface area contributed by atoms with Gasteiger partial charge in [0.1, 0.15) is 0 Å². The summed E-state index contributed by atoms with van der Waals surface area (Å²) in [7, 11) is 4.54. The van der Waals surface area contributed by atoms with Gasteiger partial charge in [0, 0.05) is 6.08 Å². The average molecular weight is 411 g/mol. The number of hydrogen-bond acceptors (Lipinski definition) is 6. The second-order valence-corrected chi connectivity index (χ2v) is 6.76. The van der Waals surface area contributed by atoms with E-state index in [4.69, 9.17) is 18.9 Å². The van der Waals surface area contributed by atoms with Crippen LogP contribution in [0.4, 0.5) is 0 Å². The van der Waals surface area contributed by atoms with E-state index in [1.807, 2.05) is 18.2 Å². The largest absolute Gasteiger partial charge is 0.493 e. The van der Waals surface area contributed by atoms with Crippen LogP contribution in [0.25, 0.3) is 6.08 Å². The van der Waals surface area contributed by atoms with Crippen molar-refractivity contribution >= 4 is 18.0 Å². The van der Waals surface area contributed by atoms with Gasteiger partial charge in [-0.1, -0.05) is 24.3 Å². The number of amides is 1. The van der Waals surface area contributed by atoms with Gasteiger partial charge >= 0.3 is 5.97 Å². The number of carbonyl (C=O) groups excluding carboxylic acids is 2. The Morgan fingerprint density at radius 1 is 1.07 bits per heavy atom. The Balaban J connectivity index is 1.54. The van der Waals surface area contributed by atoms with E-state index in [0.29, 0.717) is 22.8 Å². The number of methoxy groups -OCH3 is 3. The van der Waals surface area contributed by atoms with Gasteiger partial charge in [-0.3, -0.25) is 4.79 Å². The first-order chi connectivity index (χ1) is 14.5. The molecule has 7 nitrogen and oxygen atoms in total. The molecule has 0 unspecified atom stereocenters. The van der Waals surface area contributed by atoms with E-state index >= 15 is 0 Å². The zero-order valence-corrected chi connectivity index (χ0v) is 17.3. The van der Waals surface area contributed by atoms with Gasteiger partial charge in [-0.05, 0) is 47.7 Å². The van der Waals surface area contributed by atoms with Gasteiger partial charge in [0.25, 0.3) is 5.91 Å². The quantitative estimate of drug-likeness (QED) is 0.531. The van der Waals surface area contributed by atoms with Crippen molar-refractivity contribution in [1.82, 2.24) is 5.32 Å². The van der Waals surface area contributed by atoms with Gasteiger partial charge in [-0.2, -0.15) is 0 Å². The van der Waals surface area contributed by atoms with E-state index in [1.165, 1.54) is 33.0 Å². The monoisotopic (exact) mass is 411 g/mol. The maximum Gasteiger partial charge on any atom is 0.331 e. The Morgan fingerprint density at radius 2 is 1.77 bits per heavy atom. The highest BCUT2D eigenvalue weighted by Gasteiger charge is 2.23. The van der Waals surface area contributed by atoms with Crippen LogP contribution < -0.4 is 19.5 Å². The molecule has 30 heavy (non-hydrogen) atoms. The molecule has 1 aliphatic carbocycles. The van der Waals surface area contributed by atoms with Gasteiger partial charge in [0.05, 0.1) is 27.4 Å². The first-order valence-electron chi connectivity index (χ1n) is 9.57. The summed E-state index contributed by atoms with van der Waals surface area (Å²) in [5.41, 5.74) is 3.03. The van der Waals surface area contributed by atoms with Crippen LogP contribution in [0, 0.1) is 0 Å². The predicted molar refractivity (Wildman–Crippen MR) is 112 cm³/mol. The van der Waals surface area contributed by atoms with E-state index < -0.39 is 5.97 Å².